The van der Waals surface area contributed by atoms with Gasteiger partial charge in [-0.05, 0) is 67.6 Å². The van der Waals surface area contributed by atoms with Gasteiger partial charge in [0.1, 0.15) is 11.5 Å². The lowest BCUT2D eigenvalue weighted by Gasteiger charge is -2.12. The van der Waals surface area contributed by atoms with Crippen LogP contribution in [0.4, 0.5) is 0 Å². The van der Waals surface area contributed by atoms with E-state index in [0.717, 1.165) is 24.2 Å². The van der Waals surface area contributed by atoms with Crippen LogP contribution in [0.5, 0.6) is 11.5 Å². The first kappa shape index (κ1) is 17.0. The summed E-state index contributed by atoms with van der Waals surface area (Å²) in [5.41, 5.74) is 7.04. The number of sulfonamides is 1. The molecule has 1 fully saturated rings. The predicted molar refractivity (Wildman–Crippen MR) is 93.6 cm³/mol. The fraction of sp³-hybridized carbons (Fsp3) is 0.333. The van der Waals surface area contributed by atoms with Gasteiger partial charge in [-0.25, -0.2) is 13.1 Å². The van der Waals surface area contributed by atoms with Gasteiger partial charge in [0, 0.05) is 12.6 Å². The molecule has 128 valence electrons. The average Bonchev–Trinajstić information content (AvgIpc) is 3.38. The van der Waals surface area contributed by atoms with E-state index >= 15 is 0 Å². The Morgan fingerprint density at radius 1 is 1.17 bits per heavy atom. The smallest absolute Gasteiger partial charge is 0.240 e. The summed E-state index contributed by atoms with van der Waals surface area (Å²) < 4.78 is 32.9. The molecule has 0 spiro atoms. The van der Waals surface area contributed by atoms with Crippen molar-refractivity contribution in [2.24, 2.45) is 11.7 Å². The molecule has 0 saturated heterocycles. The molecule has 2 aromatic rings. The Balaban J connectivity index is 1.64. The van der Waals surface area contributed by atoms with Crippen molar-refractivity contribution in [3.63, 3.8) is 0 Å². The highest BCUT2D eigenvalue weighted by Crippen LogP contribution is 2.31. The summed E-state index contributed by atoms with van der Waals surface area (Å²) in [6.45, 7) is 2.26. The van der Waals surface area contributed by atoms with E-state index < -0.39 is 10.0 Å². The quantitative estimate of drug-likeness (QED) is 0.808. The lowest BCUT2D eigenvalue weighted by atomic mass is 10.2. The minimum absolute atomic E-state index is 0.108. The zero-order valence-corrected chi connectivity index (χ0v) is 14.4. The molecule has 1 atom stereocenters. The Labute approximate surface area is 142 Å². The number of hydrogen-bond donors (Lipinski definition) is 2. The van der Waals surface area contributed by atoms with Crippen LogP contribution in [0.2, 0.25) is 0 Å². The third-order valence-electron chi connectivity index (χ3n) is 4.10. The second-order valence-electron chi connectivity index (χ2n) is 6.24. The summed E-state index contributed by atoms with van der Waals surface area (Å²) in [7, 11) is -3.54. The van der Waals surface area contributed by atoms with Crippen LogP contribution in [-0.2, 0) is 10.0 Å². The van der Waals surface area contributed by atoms with Crippen molar-refractivity contribution < 1.29 is 13.2 Å². The highest BCUT2D eigenvalue weighted by atomic mass is 32.2. The van der Waals surface area contributed by atoms with Crippen LogP contribution >= 0.6 is 0 Å². The maximum absolute atomic E-state index is 12.3. The van der Waals surface area contributed by atoms with Gasteiger partial charge in [0.15, 0.2) is 0 Å². The molecule has 2 aromatic carbocycles. The lowest BCUT2D eigenvalue weighted by Crippen LogP contribution is -2.38. The van der Waals surface area contributed by atoms with E-state index in [1.54, 1.807) is 12.1 Å². The van der Waals surface area contributed by atoms with Crippen molar-refractivity contribution in [1.29, 1.82) is 0 Å². The van der Waals surface area contributed by atoms with Crippen molar-refractivity contribution in [2.75, 3.05) is 6.54 Å². The molecule has 0 aromatic heterocycles. The number of hydrogen-bond acceptors (Lipinski definition) is 4. The monoisotopic (exact) mass is 346 g/mol. The zero-order valence-electron chi connectivity index (χ0n) is 13.6. The van der Waals surface area contributed by atoms with Crippen LogP contribution in [0.25, 0.3) is 0 Å². The molecule has 0 heterocycles. The van der Waals surface area contributed by atoms with Crippen LogP contribution in [0.15, 0.2) is 53.4 Å². The first-order valence-electron chi connectivity index (χ1n) is 8.04. The van der Waals surface area contributed by atoms with Gasteiger partial charge in [-0.2, -0.15) is 0 Å². The SMILES string of the molecule is Cc1cccc(Oc2ccc(S(=O)(=O)NCC(N)C3CC3)cc2)c1. The molecule has 1 unspecified atom stereocenters. The van der Waals surface area contributed by atoms with Crippen LogP contribution in [0, 0.1) is 12.8 Å². The first-order chi connectivity index (χ1) is 11.4. The second kappa shape index (κ2) is 6.93. The van der Waals surface area contributed by atoms with E-state index in [0.29, 0.717) is 11.7 Å². The number of ether oxygens (including phenoxy) is 1. The van der Waals surface area contributed by atoms with E-state index in [1.807, 2.05) is 31.2 Å². The first-order valence-corrected chi connectivity index (χ1v) is 9.52. The average molecular weight is 346 g/mol. The number of nitrogens with two attached hydrogens (primary N) is 1. The van der Waals surface area contributed by atoms with E-state index in [4.69, 9.17) is 10.5 Å². The highest BCUT2D eigenvalue weighted by molar-refractivity contribution is 7.89. The Hall–Kier alpha value is -1.89. The van der Waals surface area contributed by atoms with Crippen LogP contribution in [-0.4, -0.2) is 21.0 Å². The standard InChI is InChI=1S/C18H22N2O3S/c1-13-3-2-4-16(11-13)23-15-7-9-17(10-8-15)24(21,22)20-12-18(19)14-5-6-14/h2-4,7-11,14,18,20H,5-6,12,19H2,1H3. The van der Waals surface area contributed by atoms with E-state index in [-0.39, 0.29) is 17.5 Å². The Kier molecular flexibility index (Phi) is 4.89. The molecule has 3 rings (SSSR count). The minimum Gasteiger partial charge on any atom is -0.457 e. The molecule has 0 amide bonds. The molecule has 1 saturated carbocycles. The summed E-state index contributed by atoms with van der Waals surface area (Å²) >= 11 is 0. The molecule has 3 N–H and O–H groups in total. The van der Waals surface area contributed by atoms with E-state index in [9.17, 15) is 8.42 Å². The third-order valence-corrected chi connectivity index (χ3v) is 5.54. The van der Waals surface area contributed by atoms with Crippen molar-refractivity contribution in [3.8, 4) is 11.5 Å². The number of aryl methyl sites for hydroxylation is 1. The number of rotatable bonds is 7. The molecule has 24 heavy (non-hydrogen) atoms. The van der Waals surface area contributed by atoms with Gasteiger partial charge in [-0.1, -0.05) is 12.1 Å². The van der Waals surface area contributed by atoms with Gasteiger partial charge in [0.05, 0.1) is 4.90 Å². The van der Waals surface area contributed by atoms with Gasteiger partial charge in [0.2, 0.25) is 10.0 Å². The largest absolute Gasteiger partial charge is 0.457 e. The van der Waals surface area contributed by atoms with Gasteiger partial charge in [0.25, 0.3) is 0 Å². The van der Waals surface area contributed by atoms with Crippen molar-refractivity contribution in [1.82, 2.24) is 4.72 Å². The maximum Gasteiger partial charge on any atom is 0.240 e. The van der Waals surface area contributed by atoms with Gasteiger partial charge >= 0.3 is 0 Å². The molecular formula is C18H22N2O3S. The van der Waals surface area contributed by atoms with Crippen molar-refractivity contribution in [3.05, 3.63) is 54.1 Å². The Morgan fingerprint density at radius 2 is 1.88 bits per heavy atom. The van der Waals surface area contributed by atoms with Crippen LogP contribution in [0.3, 0.4) is 0 Å². The summed E-state index contributed by atoms with van der Waals surface area (Å²) in [6.07, 6.45) is 2.18. The third kappa shape index (κ3) is 4.35. The molecule has 0 radical (unpaired) electrons. The minimum atomic E-state index is -3.54. The van der Waals surface area contributed by atoms with Gasteiger partial charge in [-0.15, -0.1) is 0 Å². The fourth-order valence-corrected chi connectivity index (χ4v) is 3.55. The lowest BCUT2D eigenvalue weighted by molar-refractivity contribution is 0.481. The van der Waals surface area contributed by atoms with E-state index in [1.165, 1.54) is 12.1 Å². The topological polar surface area (TPSA) is 81.4 Å². The summed E-state index contributed by atoms with van der Waals surface area (Å²) in [5, 5.41) is 0. The summed E-state index contributed by atoms with van der Waals surface area (Å²) in [4.78, 5) is 0.210. The van der Waals surface area contributed by atoms with Crippen LogP contribution in [0.1, 0.15) is 18.4 Å². The van der Waals surface area contributed by atoms with Crippen molar-refractivity contribution in [2.45, 2.75) is 30.7 Å². The van der Waals surface area contributed by atoms with Crippen molar-refractivity contribution >= 4 is 10.0 Å². The molecule has 0 bridgehead atoms. The van der Waals surface area contributed by atoms with Crippen LogP contribution < -0.4 is 15.2 Å². The Morgan fingerprint density at radius 3 is 2.50 bits per heavy atom. The van der Waals surface area contributed by atoms with E-state index in [2.05, 4.69) is 4.72 Å². The highest BCUT2D eigenvalue weighted by Gasteiger charge is 2.29. The summed E-state index contributed by atoms with van der Waals surface area (Å²) in [5.74, 6) is 1.77. The predicted octanol–water partition coefficient (Wildman–Crippen LogP) is 2.80. The van der Waals surface area contributed by atoms with Gasteiger partial charge < -0.3 is 10.5 Å². The zero-order chi connectivity index (χ0) is 17.2. The fourth-order valence-electron chi connectivity index (χ4n) is 2.48. The molecule has 6 heteroatoms. The summed E-state index contributed by atoms with van der Waals surface area (Å²) in [6, 6.07) is 14.0. The molecule has 5 nitrogen and oxygen atoms in total. The maximum atomic E-state index is 12.3. The second-order valence-corrected chi connectivity index (χ2v) is 8.01. The normalized spacial score (nSPS) is 15.9. The van der Waals surface area contributed by atoms with Gasteiger partial charge in [-0.3, -0.25) is 0 Å². The molecular weight excluding hydrogens is 324 g/mol. The molecule has 1 aliphatic rings. The molecule has 0 aliphatic heterocycles. The number of nitrogens with one attached hydrogen (secondary N) is 1. The Bertz CT molecular complexity index is 799. The number of benzene rings is 2. The molecule has 1 aliphatic carbocycles.